The first-order valence-corrected chi connectivity index (χ1v) is 32.5. The predicted molar refractivity (Wildman–Crippen MR) is 356 cm³/mol. The van der Waals surface area contributed by atoms with Crippen LogP contribution in [-0.2, 0) is 62.3 Å². The summed E-state index contributed by atoms with van der Waals surface area (Å²) in [6.45, 7) is 25.3. The molecule has 0 aromatic rings. The van der Waals surface area contributed by atoms with E-state index in [4.69, 9.17) is 10.5 Å². The van der Waals surface area contributed by atoms with Crippen molar-refractivity contribution in [3.05, 3.63) is 12.2 Å². The third-order valence-corrected chi connectivity index (χ3v) is 17.0. The zero-order chi connectivity index (χ0) is 71.3. The number of nitrogens with one attached hydrogen (secondary N) is 4. The lowest BCUT2D eigenvalue weighted by molar-refractivity contribution is -0.158. The van der Waals surface area contributed by atoms with Crippen molar-refractivity contribution in [3.63, 3.8) is 0 Å². The highest BCUT2D eigenvalue weighted by Crippen LogP contribution is 2.26. The first-order chi connectivity index (χ1) is 42.6. The lowest BCUT2D eigenvalue weighted by Crippen LogP contribution is -2.64. The normalized spacial score (nSPS) is 26.2. The number of hydrogen-bond acceptors (Lipinski definition) is 16. The molecular weight excluding hydrogens is 1220 g/mol. The lowest BCUT2D eigenvalue weighted by Gasteiger charge is -2.41. The number of esters is 1. The molecule has 1 heterocycles. The minimum atomic E-state index is -1.70. The predicted octanol–water partition coefficient (Wildman–Crippen LogP) is 1.53. The monoisotopic (exact) mass is 1340 g/mol. The maximum Gasteiger partial charge on any atom is 0.319 e. The number of hydrogen-bond donors (Lipinski definition) is 7. The molecule has 0 bridgehead atoms. The summed E-state index contributed by atoms with van der Waals surface area (Å²) in [5.41, 5.74) is 5.56. The maximum absolute atomic E-state index is 15.3. The average molecular weight is 1340 g/mol. The molecule has 13 atom stereocenters. The minimum Gasteiger partial charge on any atom is -0.462 e. The van der Waals surface area contributed by atoms with Crippen molar-refractivity contribution in [2.24, 2.45) is 47.2 Å². The van der Waals surface area contributed by atoms with Gasteiger partial charge in [-0.15, -0.1) is 12.4 Å². The summed E-state index contributed by atoms with van der Waals surface area (Å²) in [7, 11) is 9.34. The number of aliphatic hydroxyl groups excluding tert-OH is 2. The van der Waals surface area contributed by atoms with Gasteiger partial charge in [0, 0.05) is 49.3 Å². The Kier molecular flexibility index (Phi) is 37.3. The second kappa shape index (κ2) is 40.1. The summed E-state index contributed by atoms with van der Waals surface area (Å²) in [5.74, 6) is -12.8. The summed E-state index contributed by atoms with van der Waals surface area (Å²) in [5, 5.41) is 33.8. The summed E-state index contributed by atoms with van der Waals surface area (Å²) in [6, 6.07) is -15.6. The number of ether oxygens (including phenoxy) is 1. The molecule has 1 rings (SSSR count). The Balaban J connectivity index is 0.0000846. The van der Waals surface area contributed by atoms with Crippen LogP contribution in [0.1, 0.15) is 149 Å². The van der Waals surface area contributed by atoms with Crippen LogP contribution in [0.15, 0.2) is 12.2 Å². The van der Waals surface area contributed by atoms with E-state index in [1.54, 1.807) is 74.5 Å². The minimum absolute atomic E-state index is 0. The Bertz CT molecular complexity index is 2550. The van der Waals surface area contributed by atoms with Gasteiger partial charge in [0.2, 0.25) is 65.0 Å². The van der Waals surface area contributed by atoms with Crippen LogP contribution < -0.4 is 27.0 Å². The van der Waals surface area contributed by atoms with Crippen molar-refractivity contribution in [1.29, 1.82) is 0 Å². The van der Waals surface area contributed by atoms with Crippen molar-refractivity contribution in [3.8, 4) is 0 Å². The fraction of sp³-hybridized carbons (Fsp3) is 0.785. The molecule has 28 heteroatoms. The zero-order valence-corrected chi connectivity index (χ0v) is 60.6. The van der Waals surface area contributed by atoms with Gasteiger partial charge in [0.05, 0.1) is 19.3 Å². The number of nitrogens with two attached hydrogens (primary N) is 1. The van der Waals surface area contributed by atoms with Gasteiger partial charge >= 0.3 is 5.97 Å². The lowest BCUT2D eigenvalue weighted by atomic mass is 9.91. The van der Waals surface area contributed by atoms with Crippen molar-refractivity contribution >= 4 is 83.4 Å². The number of nitrogens with zero attached hydrogens (tertiary/aromatic N) is 7. The highest BCUT2D eigenvalue weighted by Gasteiger charge is 2.46. The second-order valence-corrected chi connectivity index (χ2v) is 27.2. The van der Waals surface area contributed by atoms with Crippen LogP contribution in [0.4, 0.5) is 0 Å². The molecule has 0 saturated carbocycles. The molecule has 0 aliphatic carbocycles. The van der Waals surface area contributed by atoms with E-state index in [0.717, 1.165) is 24.5 Å². The number of likely N-dealkylation sites (N-methyl/N-ethyl adjacent to an activating group) is 7. The van der Waals surface area contributed by atoms with Crippen molar-refractivity contribution in [2.45, 2.75) is 222 Å². The van der Waals surface area contributed by atoms with Crippen LogP contribution in [-0.4, -0.2) is 257 Å². The second-order valence-electron chi connectivity index (χ2n) is 27.2. The van der Waals surface area contributed by atoms with Crippen LogP contribution in [0.5, 0.6) is 0 Å². The highest BCUT2D eigenvalue weighted by atomic mass is 35.5. The van der Waals surface area contributed by atoms with Gasteiger partial charge in [0.15, 0.2) is 0 Å². The summed E-state index contributed by atoms with van der Waals surface area (Å²) in [6.07, 6.45) is 2.31. The van der Waals surface area contributed by atoms with Crippen molar-refractivity contribution in [1.82, 2.24) is 55.6 Å². The van der Waals surface area contributed by atoms with Gasteiger partial charge in [0.1, 0.15) is 73.1 Å². The van der Waals surface area contributed by atoms with E-state index in [2.05, 4.69) is 21.3 Å². The van der Waals surface area contributed by atoms with E-state index in [1.165, 1.54) is 66.1 Å². The van der Waals surface area contributed by atoms with E-state index in [0.29, 0.717) is 0 Å². The first-order valence-electron chi connectivity index (χ1n) is 32.5. The molecule has 1 fully saturated rings. The van der Waals surface area contributed by atoms with Crippen molar-refractivity contribution in [2.75, 3.05) is 69.1 Å². The standard InChI is InChI=1S/C65H116N12O15.ClH/c1-24-26-27-41(15)54(80)53-58(84)68-43(25-2)59(85)75(21)49(33-78)63(89)71(17)46(29-36(5)6)57(83)70-51(39(11)12)64(90)72(18)45(28-35(3)4)56(82)67-42(16)55(81)69-44(34-92-50(79)32-66)60(86)73(19)47(30-37(7)8)61(87)74(20)48(31-38(9)10)62(88)76(22)52(40(13)14)65(91)77(53)23;/h24,26,35-49,51-54,78,80H,25,27-34,66H2,1-23H3,(H,67,82)(H,68,84)(H,69,81)(H,70,83);1H/b26-24+;/t41?,42-,43-,44-,45-,46-,47-,48-,49-,51-,52-,53-,54?;/m0./s1. The van der Waals surface area contributed by atoms with E-state index >= 15 is 14.4 Å². The quantitative estimate of drug-likeness (QED) is 0.0712. The van der Waals surface area contributed by atoms with Crippen LogP contribution >= 0.6 is 12.4 Å². The number of amides is 11. The third kappa shape index (κ3) is 24.4. The van der Waals surface area contributed by atoms with E-state index in [-0.39, 0.29) is 74.6 Å². The van der Waals surface area contributed by atoms with Crippen molar-refractivity contribution < 1.29 is 72.5 Å². The molecule has 0 spiro atoms. The van der Waals surface area contributed by atoms with Gasteiger partial charge in [-0.1, -0.05) is 109 Å². The van der Waals surface area contributed by atoms with Gasteiger partial charge < -0.3 is 76.3 Å². The first kappa shape index (κ1) is 86.5. The Morgan fingerprint density at radius 1 is 0.505 bits per heavy atom. The van der Waals surface area contributed by atoms with Crippen LogP contribution in [0, 0.1) is 41.4 Å². The molecular formula is C65H117ClN12O15. The fourth-order valence-corrected chi connectivity index (χ4v) is 11.3. The largest absolute Gasteiger partial charge is 0.462 e. The fourth-order valence-electron chi connectivity index (χ4n) is 11.3. The van der Waals surface area contributed by atoms with Gasteiger partial charge in [0.25, 0.3) is 0 Å². The average Bonchev–Trinajstić information content (AvgIpc) is 0.913. The molecule has 8 N–H and O–H groups in total. The van der Waals surface area contributed by atoms with Crippen LogP contribution in [0.3, 0.4) is 0 Å². The number of aliphatic hydroxyl groups is 2. The molecule has 1 aliphatic heterocycles. The molecule has 0 aromatic carbocycles. The molecule has 1 saturated heterocycles. The Morgan fingerprint density at radius 2 is 0.892 bits per heavy atom. The molecule has 534 valence electrons. The van der Waals surface area contributed by atoms with Gasteiger partial charge in [-0.2, -0.15) is 0 Å². The SMILES string of the molecule is C/C=C/CC(C)C(O)[C@H]1C(=O)N[C@@H](CC)C(=O)N(C)[C@@H](CO)C(=O)N(C)[C@@H](CC(C)C)C(=O)N[C@@H](C(C)C)C(=O)N(C)[C@@H](CC(C)C)C(=O)N[C@@H](C)C(=O)N[C@@H](COC(=O)CN)C(=O)N(C)[C@@H](CC(C)C)C(=O)N(C)[C@@H](CC(C)C)C(=O)N(C)[C@@H](C(C)C)C(=O)N1C.Cl. The van der Waals surface area contributed by atoms with Gasteiger partial charge in [-0.05, 0) is 93.8 Å². The van der Waals surface area contributed by atoms with E-state index in [9.17, 15) is 53.4 Å². The van der Waals surface area contributed by atoms with E-state index < -0.39 is 181 Å². The van der Waals surface area contributed by atoms with E-state index in [1.807, 2.05) is 41.5 Å². The summed E-state index contributed by atoms with van der Waals surface area (Å²) < 4.78 is 5.31. The number of rotatable bonds is 19. The highest BCUT2D eigenvalue weighted by molar-refractivity contribution is 6.00. The molecule has 93 heavy (non-hydrogen) atoms. The number of carbonyl (C=O) groups is 12. The topological polar surface area (TPSA) is 351 Å². The maximum atomic E-state index is 15.3. The van der Waals surface area contributed by atoms with Gasteiger partial charge in [-0.3, -0.25) is 57.5 Å². The molecule has 27 nitrogen and oxygen atoms in total. The molecule has 0 radical (unpaired) electrons. The summed E-state index contributed by atoms with van der Waals surface area (Å²) in [4.78, 5) is 183. The number of halogens is 1. The Hall–Kier alpha value is -6.45. The molecule has 1 aliphatic rings. The third-order valence-electron chi connectivity index (χ3n) is 17.0. The molecule has 11 amide bonds. The van der Waals surface area contributed by atoms with Crippen LogP contribution in [0.2, 0.25) is 0 Å². The zero-order valence-electron chi connectivity index (χ0n) is 59.8. The molecule has 0 aromatic heterocycles. The Labute approximate surface area is 559 Å². The van der Waals surface area contributed by atoms with Crippen LogP contribution in [0.25, 0.3) is 0 Å². The number of carbonyl (C=O) groups excluding carboxylic acids is 12. The Morgan fingerprint density at radius 3 is 1.32 bits per heavy atom. The summed E-state index contributed by atoms with van der Waals surface area (Å²) >= 11 is 0. The molecule has 2 unspecified atom stereocenters. The van der Waals surface area contributed by atoms with Gasteiger partial charge in [-0.25, -0.2) is 0 Å². The number of allylic oxidation sites excluding steroid dienone is 2. The smallest absolute Gasteiger partial charge is 0.319 e.